The number of aromatic nitrogens is 2. The van der Waals surface area contributed by atoms with Gasteiger partial charge in [-0.15, -0.1) is 0 Å². The van der Waals surface area contributed by atoms with Crippen molar-refractivity contribution >= 4 is 5.82 Å². The van der Waals surface area contributed by atoms with Crippen LogP contribution in [0.4, 0.5) is 5.82 Å². The number of hydrogen-bond acceptors (Lipinski definition) is 4. The Morgan fingerprint density at radius 3 is 2.86 bits per heavy atom. The predicted octanol–water partition coefficient (Wildman–Crippen LogP) is 1.75. The van der Waals surface area contributed by atoms with E-state index in [9.17, 15) is 0 Å². The highest BCUT2D eigenvalue weighted by atomic mass is 16.5. The van der Waals surface area contributed by atoms with Gasteiger partial charge in [-0.2, -0.15) is 0 Å². The van der Waals surface area contributed by atoms with E-state index >= 15 is 0 Å². The monoisotopic (exact) mass is 195 g/mol. The molecule has 0 radical (unpaired) electrons. The first-order valence-electron chi connectivity index (χ1n) is 4.83. The molecule has 0 bridgehead atoms. The maximum absolute atomic E-state index is 4.99. The minimum atomic E-state index is 0.461. The topological polar surface area (TPSA) is 47.0 Å². The highest BCUT2D eigenvalue weighted by Gasteiger charge is 2.00. The van der Waals surface area contributed by atoms with Crippen LogP contribution in [-0.4, -0.2) is 23.6 Å². The fourth-order valence-corrected chi connectivity index (χ4v) is 1.17. The molecule has 0 aromatic carbocycles. The van der Waals surface area contributed by atoms with E-state index in [0.29, 0.717) is 6.61 Å². The first-order valence-corrected chi connectivity index (χ1v) is 4.83. The van der Waals surface area contributed by atoms with Gasteiger partial charge in [0, 0.05) is 25.4 Å². The van der Waals surface area contributed by atoms with Crippen LogP contribution in [0.2, 0.25) is 0 Å². The van der Waals surface area contributed by atoms with Crippen molar-refractivity contribution < 1.29 is 4.74 Å². The van der Waals surface area contributed by atoms with Gasteiger partial charge in [0.05, 0.1) is 0 Å². The van der Waals surface area contributed by atoms with Crippen molar-refractivity contribution in [3.63, 3.8) is 0 Å². The van der Waals surface area contributed by atoms with Gasteiger partial charge in [0.1, 0.15) is 12.4 Å². The van der Waals surface area contributed by atoms with Crippen molar-refractivity contribution in [2.45, 2.75) is 26.9 Å². The molecule has 0 saturated carbocycles. The Balaban J connectivity index is 2.73. The van der Waals surface area contributed by atoms with Gasteiger partial charge in [-0.3, -0.25) is 0 Å². The van der Waals surface area contributed by atoms with Crippen molar-refractivity contribution in [1.82, 2.24) is 9.97 Å². The number of nitrogens with zero attached hydrogens (tertiary/aromatic N) is 2. The fraction of sp³-hybridized carbons (Fsp3) is 0.600. The Labute approximate surface area is 84.7 Å². The van der Waals surface area contributed by atoms with Crippen molar-refractivity contribution in [3.8, 4) is 0 Å². The van der Waals surface area contributed by atoms with Crippen molar-refractivity contribution in [2.75, 3.05) is 19.0 Å². The lowest BCUT2D eigenvalue weighted by atomic mass is 10.4. The summed E-state index contributed by atoms with van der Waals surface area (Å²) >= 11 is 0. The van der Waals surface area contributed by atoms with Gasteiger partial charge < -0.3 is 10.1 Å². The van der Waals surface area contributed by atoms with Crippen LogP contribution in [-0.2, 0) is 11.3 Å². The molecular weight excluding hydrogens is 178 g/mol. The third-order valence-electron chi connectivity index (χ3n) is 1.73. The molecule has 0 unspecified atom stereocenters. The molecule has 1 heterocycles. The fourth-order valence-electron chi connectivity index (χ4n) is 1.17. The molecule has 14 heavy (non-hydrogen) atoms. The summed E-state index contributed by atoms with van der Waals surface area (Å²) in [5.74, 6) is 1.61. The molecule has 1 N–H and O–H groups in total. The molecule has 1 rings (SSSR count). The Morgan fingerprint density at radius 1 is 1.43 bits per heavy atom. The Bertz CT molecular complexity index is 289. The van der Waals surface area contributed by atoms with Gasteiger partial charge in [-0.1, -0.05) is 6.92 Å². The van der Waals surface area contributed by atoms with Gasteiger partial charge in [0.15, 0.2) is 5.82 Å². The number of anilines is 1. The minimum Gasteiger partial charge on any atom is -0.377 e. The number of aryl methyl sites for hydroxylation is 1. The average molecular weight is 195 g/mol. The van der Waals surface area contributed by atoms with Crippen LogP contribution in [0.3, 0.4) is 0 Å². The van der Waals surface area contributed by atoms with E-state index in [1.165, 1.54) is 0 Å². The second-order valence-electron chi connectivity index (χ2n) is 3.17. The van der Waals surface area contributed by atoms with Gasteiger partial charge in [0.2, 0.25) is 0 Å². The van der Waals surface area contributed by atoms with E-state index in [1.807, 2.05) is 13.0 Å². The number of rotatable bonds is 5. The van der Waals surface area contributed by atoms with Crippen molar-refractivity contribution in [1.29, 1.82) is 0 Å². The van der Waals surface area contributed by atoms with Crippen LogP contribution in [0, 0.1) is 6.92 Å². The molecule has 1 aromatic heterocycles. The van der Waals surface area contributed by atoms with E-state index in [4.69, 9.17) is 4.74 Å². The Morgan fingerprint density at radius 2 is 2.21 bits per heavy atom. The molecule has 0 aliphatic carbocycles. The SMILES string of the molecule is CCCNc1cc(C)nc(COC)n1. The molecule has 0 aliphatic heterocycles. The van der Waals surface area contributed by atoms with Gasteiger partial charge in [-0.25, -0.2) is 9.97 Å². The van der Waals surface area contributed by atoms with Crippen LogP contribution in [0.1, 0.15) is 24.9 Å². The highest BCUT2D eigenvalue weighted by Crippen LogP contribution is 2.06. The molecule has 4 heteroatoms. The number of hydrogen-bond donors (Lipinski definition) is 1. The zero-order valence-corrected chi connectivity index (χ0v) is 9.00. The van der Waals surface area contributed by atoms with E-state index in [0.717, 1.165) is 30.3 Å². The van der Waals surface area contributed by atoms with E-state index in [-0.39, 0.29) is 0 Å². The lowest BCUT2D eigenvalue weighted by molar-refractivity contribution is 0.177. The summed E-state index contributed by atoms with van der Waals surface area (Å²) in [6.07, 6.45) is 1.09. The molecule has 1 aromatic rings. The van der Waals surface area contributed by atoms with Gasteiger partial charge in [-0.05, 0) is 13.3 Å². The second kappa shape index (κ2) is 5.54. The molecule has 0 spiro atoms. The summed E-state index contributed by atoms with van der Waals surface area (Å²) in [6.45, 7) is 5.47. The Hall–Kier alpha value is -1.16. The molecular formula is C10H17N3O. The van der Waals surface area contributed by atoms with E-state index in [2.05, 4.69) is 22.2 Å². The molecule has 4 nitrogen and oxygen atoms in total. The first-order chi connectivity index (χ1) is 6.76. The quantitative estimate of drug-likeness (QED) is 0.777. The zero-order valence-electron chi connectivity index (χ0n) is 9.00. The zero-order chi connectivity index (χ0) is 10.4. The largest absolute Gasteiger partial charge is 0.377 e. The first kappa shape index (κ1) is 10.9. The van der Waals surface area contributed by atoms with Crippen molar-refractivity contribution in [2.24, 2.45) is 0 Å². The average Bonchev–Trinajstić information content (AvgIpc) is 2.14. The predicted molar refractivity (Wildman–Crippen MR) is 56.3 cm³/mol. The number of nitrogens with one attached hydrogen (secondary N) is 1. The third kappa shape index (κ3) is 3.30. The summed E-state index contributed by atoms with van der Waals surface area (Å²) in [5, 5.41) is 3.23. The molecule has 78 valence electrons. The summed E-state index contributed by atoms with van der Waals surface area (Å²) in [6, 6.07) is 1.94. The molecule has 0 atom stereocenters. The number of methoxy groups -OCH3 is 1. The van der Waals surface area contributed by atoms with Gasteiger partial charge >= 0.3 is 0 Å². The number of ether oxygens (including phenoxy) is 1. The smallest absolute Gasteiger partial charge is 0.156 e. The minimum absolute atomic E-state index is 0.461. The standard InChI is InChI=1S/C10H17N3O/c1-4-5-11-9-6-8(2)12-10(13-9)7-14-3/h6H,4-5,7H2,1-3H3,(H,11,12,13). The van der Waals surface area contributed by atoms with Crippen LogP contribution in [0.5, 0.6) is 0 Å². The van der Waals surface area contributed by atoms with Crippen LogP contribution >= 0.6 is 0 Å². The Kier molecular flexibility index (Phi) is 4.32. The maximum atomic E-state index is 4.99. The molecule has 0 aliphatic rings. The normalized spacial score (nSPS) is 10.2. The van der Waals surface area contributed by atoms with E-state index in [1.54, 1.807) is 7.11 Å². The highest BCUT2D eigenvalue weighted by molar-refractivity contribution is 5.35. The van der Waals surface area contributed by atoms with Crippen LogP contribution in [0.15, 0.2) is 6.07 Å². The van der Waals surface area contributed by atoms with Gasteiger partial charge in [0.25, 0.3) is 0 Å². The summed E-state index contributed by atoms with van der Waals surface area (Å²) in [5.41, 5.74) is 0.964. The summed E-state index contributed by atoms with van der Waals surface area (Å²) in [7, 11) is 1.64. The van der Waals surface area contributed by atoms with Crippen molar-refractivity contribution in [3.05, 3.63) is 17.6 Å². The molecule has 0 amide bonds. The van der Waals surface area contributed by atoms with E-state index < -0.39 is 0 Å². The lowest BCUT2D eigenvalue weighted by Crippen LogP contribution is -2.06. The molecule has 0 saturated heterocycles. The summed E-state index contributed by atoms with van der Waals surface area (Å²) in [4.78, 5) is 8.57. The molecule has 0 fully saturated rings. The maximum Gasteiger partial charge on any atom is 0.156 e. The third-order valence-corrected chi connectivity index (χ3v) is 1.73. The second-order valence-corrected chi connectivity index (χ2v) is 3.17. The van der Waals surface area contributed by atoms with Crippen LogP contribution in [0.25, 0.3) is 0 Å². The van der Waals surface area contributed by atoms with Crippen LogP contribution < -0.4 is 5.32 Å². The summed E-state index contributed by atoms with van der Waals surface area (Å²) < 4.78 is 4.99. The lowest BCUT2D eigenvalue weighted by Gasteiger charge is -2.06.